The quantitative estimate of drug-likeness (QED) is 0.603. The molecule has 1 saturated heterocycles. The van der Waals surface area contributed by atoms with Crippen LogP contribution in [0.25, 0.3) is 0 Å². The fourth-order valence-electron chi connectivity index (χ4n) is 3.13. The van der Waals surface area contributed by atoms with Crippen molar-refractivity contribution in [3.63, 3.8) is 0 Å². The fourth-order valence-corrected chi connectivity index (χ4v) is 3.56. The number of hydrogen-bond acceptors (Lipinski definition) is 5. The van der Waals surface area contributed by atoms with E-state index < -0.39 is 5.97 Å². The van der Waals surface area contributed by atoms with Crippen LogP contribution in [0, 0.1) is 11.8 Å². The number of thioether (sulfide) groups is 1. The molecule has 1 aliphatic heterocycles. The van der Waals surface area contributed by atoms with E-state index in [1.54, 1.807) is 28.8 Å². The summed E-state index contributed by atoms with van der Waals surface area (Å²) in [5, 5.41) is 0. The van der Waals surface area contributed by atoms with E-state index in [2.05, 4.69) is 13.8 Å². The summed E-state index contributed by atoms with van der Waals surface area (Å²) in [6, 6.07) is 5.29. The van der Waals surface area contributed by atoms with Gasteiger partial charge in [-0.2, -0.15) is 0 Å². The second-order valence-corrected chi connectivity index (χ2v) is 7.27. The maximum atomic E-state index is 12.3. The third kappa shape index (κ3) is 4.66. The molecule has 0 radical (unpaired) electrons. The van der Waals surface area contributed by atoms with Crippen LogP contribution in [-0.4, -0.2) is 49.8 Å². The van der Waals surface area contributed by atoms with E-state index in [1.165, 1.54) is 7.11 Å². The lowest BCUT2D eigenvalue weighted by molar-refractivity contribution is -0.137. The van der Waals surface area contributed by atoms with Crippen molar-refractivity contribution < 1.29 is 19.1 Å². The molecule has 132 valence electrons. The molecule has 1 amide bonds. The molecule has 2 atom stereocenters. The van der Waals surface area contributed by atoms with Crippen molar-refractivity contribution in [3.05, 3.63) is 23.8 Å². The molecule has 1 aromatic carbocycles. The lowest BCUT2D eigenvalue weighted by Crippen LogP contribution is -2.44. The number of ether oxygens (including phenoxy) is 2. The fraction of sp³-hybridized carbons (Fsp3) is 0.556. The van der Waals surface area contributed by atoms with E-state index in [9.17, 15) is 9.59 Å². The van der Waals surface area contributed by atoms with Crippen LogP contribution < -0.4 is 4.74 Å². The van der Waals surface area contributed by atoms with Crippen LogP contribution in [0.3, 0.4) is 0 Å². The van der Waals surface area contributed by atoms with Gasteiger partial charge in [-0.3, -0.25) is 4.79 Å². The average molecular weight is 351 g/mol. The first-order chi connectivity index (χ1) is 11.4. The standard InChI is InChI=1S/C18H25NO4S/c1-12-7-13(2)10-19(9-12)17(20)11-23-18(21)15-6-5-14(24-4)8-16(15)22-3/h5-6,8,12-13H,7,9-11H2,1-4H3/t12-,13-/m0/s1. The summed E-state index contributed by atoms with van der Waals surface area (Å²) in [7, 11) is 1.51. The number of nitrogens with zero attached hydrogens (tertiary/aromatic N) is 1. The lowest BCUT2D eigenvalue weighted by Gasteiger charge is -2.34. The van der Waals surface area contributed by atoms with E-state index in [4.69, 9.17) is 9.47 Å². The number of carbonyl (C=O) groups excluding carboxylic acids is 2. The predicted molar refractivity (Wildman–Crippen MR) is 94.6 cm³/mol. The normalized spacial score (nSPS) is 20.6. The van der Waals surface area contributed by atoms with Crippen LogP contribution in [0.15, 0.2) is 23.1 Å². The number of carbonyl (C=O) groups is 2. The van der Waals surface area contributed by atoms with Crippen LogP contribution in [0.1, 0.15) is 30.6 Å². The SMILES string of the molecule is COc1cc(SC)ccc1C(=O)OCC(=O)N1C[C@@H](C)C[C@H](C)C1. The average Bonchev–Trinajstić information content (AvgIpc) is 2.57. The molecule has 0 spiro atoms. The van der Waals surface area contributed by atoms with Gasteiger partial charge in [0.25, 0.3) is 5.91 Å². The van der Waals surface area contributed by atoms with Crippen molar-refractivity contribution >= 4 is 23.6 Å². The Hall–Kier alpha value is -1.69. The molecule has 1 heterocycles. The zero-order valence-corrected chi connectivity index (χ0v) is 15.5. The van der Waals surface area contributed by atoms with Gasteiger partial charge in [-0.15, -0.1) is 11.8 Å². The lowest BCUT2D eigenvalue weighted by atomic mass is 9.92. The van der Waals surface area contributed by atoms with Crippen LogP contribution in [-0.2, 0) is 9.53 Å². The highest BCUT2D eigenvalue weighted by Gasteiger charge is 2.26. The van der Waals surface area contributed by atoms with Gasteiger partial charge in [-0.05, 0) is 42.7 Å². The monoisotopic (exact) mass is 351 g/mol. The number of hydrogen-bond donors (Lipinski definition) is 0. The molecular weight excluding hydrogens is 326 g/mol. The Morgan fingerprint density at radius 2 is 1.92 bits per heavy atom. The van der Waals surface area contributed by atoms with Crippen molar-refractivity contribution in [2.24, 2.45) is 11.8 Å². The van der Waals surface area contributed by atoms with E-state index >= 15 is 0 Å². The Kier molecular flexibility index (Phi) is 6.54. The number of esters is 1. The van der Waals surface area contributed by atoms with Crippen molar-refractivity contribution in [3.8, 4) is 5.75 Å². The van der Waals surface area contributed by atoms with E-state index in [0.717, 1.165) is 24.4 Å². The zero-order valence-electron chi connectivity index (χ0n) is 14.7. The molecule has 24 heavy (non-hydrogen) atoms. The van der Waals surface area contributed by atoms with E-state index in [-0.39, 0.29) is 12.5 Å². The molecular formula is C18H25NO4S. The molecule has 5 nitrogen and oxygen atoms in total. The molecule has 1 fully saturated rings. The van der Waals surface area contributed by atoms with Gasteiger partial charge in [0.05, 0.1) is 7.11 Å². The number of piperidine rings is 1. The van der Waals surface area contributed by atoms with Crippen LogP contribution in [0.4, 0.5) is 0 Å². The smallest absolute Gasteiger partial charge is 0.342 e. The van der Waals surface area contributed by atoms with Crippen LogP contribution in [0.5, 0.6) is 5.75 Å². The highest BCUT2D eigenvalue weighted by Crippen LogP contribution is 2.26. The van der Waals surface area contributed by atoms with Gasteiger partial charge in [-0.1, -0.05) is 13.8 Å². The first-order valence-electron chi connectivity index (χ1n) is 8.11. The first kappa shape index (κ1) is 18.6. The Bertz CT molecular complexity index is 595. The van der Waals surface area contributed by atoms with Gasteiger partial charge in [-0.25, -0.2) is 4.79 Å². The number of likely N-dealkylation sites (tertiary alicyclic amines) is 1. The Labute approximate surface area is 147 Å². The topological polar surface area (TPSA) is 55.8 Å². The van der Waals surface area contributed by atoms with Gasteiger partial charge in [0, 0.05) is 18.0 Å². The molecule has 0 bridgehead atoms. The number of amides is 1. The molecule has 2 rings (SSSR count). The van der Waals surface area contributed by atoms with Gasteiger partial charge in [0.2, 0.25) is 0 Å². The number of methoxy groups -OCH3 is 1. The first-order valence-corrected chi connectivity index (χ1v) is 9.34. The molecule has 1 aliphatic rings. The van der Waals surface area contributed by atoms with Crippen molar-refractivity contribution in [1.82, 2.24) is 4.90 Å². The van der Waals surface area contributed by atoms with Crippen LogP contribution >= 0.6 is 11.8 Å². The highest BCUT2D eigenvalue weighted by molar-refractivity contribution is 7.98. The summed E-state index contributed by atoms with van der Waals surface area (Å²) in [6.45, 7) is 5.50. The van der Waals surface area contributed by atoms with Crippen molar-refractivity contribution in [2.45, 2.75) is 25.2 Å². The van der Waals surface area contributed by atoms with Crippen LogP contribution in [0.2, 0.25) is 0 Å². The minimum Gasteiger partial charge on any atom is -0.496 e. The van der Waals surface area contributed by atoms with Crippen molar-refractivity contribution in [2.75, 3.05) is 33.1 Å². The Morgan fingerprint density at radius 3 is 2.50 bits per heavy atom. The summed E-state index contributed by atoms with van der Waals surface area (Å²) in [5.41, 5.74) is 0.337. The van der Waals surface area contributed by atoms with Gasteiger partial charge >= 0.3 is 5.97 Å². The highest BCUT2D eigenvalue weighted by atomic mass is 32.2. The molecule has 6 heteroatoms. The van der Waals surface area contributed by atoms with Gasteiger partial charge < -0.3 is 14.4 Å². The van der Waals surface area contributed by atoms with E-state index in [0.29, 0.717) is 23.1 Å². The molecule has 0 aliphatic carbocycles. The predicted octanol–water partition coefficient (Wildman–Crippen LogP) is 3.08. The molecule has 0 N–H and O–H groups in total. The van der Waals surface area contributed by atoms with E-state index in [1.807, 2.05) is 12.3 Å². The summed E-state index contributed by atoms with van der Waals surface area (Å²) in [5.74, 6) is 0.743. The third-order valence-electron chi connectivity index (χ3n) is 4.18. The minimum absolute atomic E-state index is 0.138. The summed E-state index contributed by atoms with van der Waals surface area (Å²) < 4.78 is 10.5. The third-order valence-corrected chi connectivity index (χ3v) is 4.90. The summed E-state index contributed by atoms with van der Waals surface area (Å²) >= 11 is 1.56. The van der Waals surface area contributed by atoms with Gasteiger partial charge in [0.1, 0.15) is 11.3 Å². The molecule has 1 aromatic rings. The molecule has 0 aromatic heterocycles. The second kappa shape index (κ2) is 8.42. The number of rotatable bonds is 5. The minimum atomic E-state index is -0.536. The molecule has 0 unspecified atom stereocenters. The zero-order chi connectivity index (χ0) is 17.7. The summed E-state index contributed by atoms with van der Waals surface area (Å²) in [4.78, 5) is 27.3. The molecule has 0 saturated carbocycles. The maximum Gasteiger partial charge on any atom is 0.342 e. The van der Waals surface area contributed by atoms with Crippen molar-refractivity contribution in [1.29, 1.82) is 0 Å². The van der Waals surface area contributed by atoms with Gasteiger partial charge in [0.15, 0.2) is 6.61 Å². The summed E-state index contributed by atoms with van der Waals surface area (Å²) in [6.07, 6.45) is 3.08. The Morgan fingerprint density at radius 1 is 1.25 bits per heavy atom. The number of benzene rings is 1. The Balaban J connectivity index is 1.96. The largest absolute Gasteiger partial charge is 0.496 e. The maximum absolute atomic E-state index is 12.3. The second-order valence-electron chi connectivity index (χ2n) is 6.39.